The van der Waals surface area contributed by atoms with Gasteiger partial charge in [0.15, 0.2) is 0 Å². The quantitative estimate of drug-likeness (QED) is 0.592. The van der Waals surface area contributed by atoms with Crippen molar-refractivity contribution in [3.63, 3.8) is 0 Å². The van der Waals surface area contributed by atoms with Crippen LogP contribution in [0.1, 0.15) is 0 Å². The molecule has 0 spiro atoms. The second-order valence-corrected chi connectivity index (χ2v) is 5.39. The van der Waals surface area contributed by atoms with Gasteiger partial charge in [-0.1, -0.05) is 0 Å². The highest BCUT2D eigenvalue weighted by Crippen LogP contribution is 2.04. The van der Waals surface area contributed by atoms with Crippen LogP contribution in [0.3, 0.4) is 0 Å². The van der Waals surface area contributed by atoms with Crippen LogP contribution in [-0.2, 0) is 14.9 Å². The summed E-state index contributed by atoms with van der Waals surface area (Å²) < 4.78 is 30.6. The Kier molecular flexibility index (Phi) is 6.63. The van der Waals surface area contributed by atoms with Gasteiger partial charge >= 0.3 is 0 Å². The highest BCUT2D eigenvalue weighted by atomic mass is 35.5. The summed E-state index contributed by atoms with van der Waals surface area (Å²) in [7, 11) is 1.14. The number of halogens is 1. The maximum Gasteiger partial charge on any atom is 0.281 e. The van der Waals surface area contributed by atoms with E-state index in [0.717, 1.165) is 4.31 Å². The van der Waals surface area contributed by atoms with Gasteiger partial charge in [-0.2, -0.15) is 17.0 Å². The lowest BCUT2D eigenvalue weighted by Crippen LogP contribution is -2.42. The molecule has 5 nitrogen and oxygen atoms in total. The smallest absolute Gasteiger partial charge is 0.281 e. The predicted molar refractivity (Wildman–Crippen MR) is 56.8 cm³/mol. The summed E-state index contributed by atoms with van der Waals surface area (Å²) in [4.78, 5) is 0. The molecule has 0 aromatic heterocycles. The first kappa shape index (κ1) is 14.1. The highest BCUT2D eigenvalue weighted by molar-refractivity contribution is 7.86. The fourth-order valence-corrected chi connectivity index (χ4v) is 2.25. The molecule has 86 valence electrons. The van der Waals surface area contributed by atoms with Gasteiger partial charge in [-0.3, -0.25) is 0 Å². The van der Waals surface area contributed by atoms with Crippen molar-refractivity contribution in [3.8, 4) is 0 Å². The Morgan fingerprint density at radius 1 is 1.29 bits per heavy atom. The number of alkyl halides is 1. The standard InChI is InChI=1S/C7H17ClN2O3S/c1-9(2)14(11,12)10(5-4-8)6-7-13-3/h4-7H2,1-3H3. The molecule has 0 aliphatic carbocycles. The highest BCUT2D eigenvalue weighted by Gasteiger charge is 2.23. The first-order chi connectivity index (χ1) is 6.46. The molecule has 0 bridgehead atoms. The molecule has 0 saturated heterocycles. The van der Waals surface area contributed by atoms with E-state index >= 15 is 0 Å². The van der Waals surface area contributed by atoms with Crippen molar-refractivity contribution in [2.75, 3.05) is 46.8 Å². The zero-order valence-corrected chi connectivity index (χ0v) is 10.3. The largest absolute Gasteiger partial charge is 0.383 e. The normalized spacial score (nSPS) is 12.7. The second-order valence-electron chi connectivity index (χ2n) is 2.87. The van der Waals surface area contributed by atoms with Crippen LogP contribution >= 0.6 is 11.6 Å². The van der Waals surface area contributed by atoms with E-state index in [1.54, 1.807) is 0 Å². The van der Waals surface area contributed by atoms with Crippen molar-refractivity contribution in [1.82, 2.24) is 8.61 Å². The van der Waals surface area contributed by atoms with Gasteiger partial charge < -0.3 is 4.74 Å². The van der Waals surface area contributed by atoms with Crippen molar-refractivity contribution in [2.45, 2.75) is 0 Å². The molecular weight excluding hydrogens is 228 g/mol. The molecule has 0 atom stereocenters. The number of ether oxygens (including phenoxy) is 1. The molecule has 14 heavy (non-hydrogen) atoms. The Morgan fingerprint density at radius 3 is 2.21 bits per heavy atom. The zero-order chi connectivity index (χ0) is 11.2. The fourth-order valence-electron chi connectivity index (χ4n) is 0.861. The van der Waals surface area contributed by atoms with Crippen LogP contribution in [0, 0.1) is 0 Å². The van der Waals surface area contributed by atoms with Crippen LogP contribution in [0.25, 0.3) is 0 Å². The molecule has 0 aromatic carbocycles. The van der Waals surface area contributed by atoms with Crippen LogP contribution in [-0.4, -0.2) is 63.8 Å². The van der Waals surface area contributed by atoms with E-state index in [1.807, 2.05) is 0 Å². The molecular formula is C7H17ClN2O3S. The van der Waals surface area contributed by atoms with Gasteiger partial charge in [-0.15, -0.1) is 11.6 Å². The summed E-state index contributed by atoms with van der Waals surface area (Å²) in [6, 6.07) is 0. The third kappa shape index (κ3) is 4.10. The van der Waals surface area contributed by atoms with Crippen molar-refractivity contribution in [2.24, 2.45) is 0 Å². The molecule has 0 rings (SSSR count). The summed E-state index contributed by atoms with van der Waals surface area (Å²) >= 11 is 5.52. The summed E-state index contributed by atoms with van der Waals surface area (Å²) in [6.45, 7) is 0.985. The molecule has 0 radical (unpaired) electrons. The maximum absolute atomic E-state index is 11.7. The van der Waals surface area contributed by atoms with E-state index in [1.165, 1.54) is 25.5 Å². The van der Waals surface area contributed by atoms with Crippen molar-refractivity contribution >= 4 is 21.8 Å². The monoisotopic (exact) mass is 244 g/mol. The Morgan fingerprint density at radius 2 is 1.86 bits per heavy atom. The SMILES string of the molecule is COCCN(CCCl)S(=O)(=O)N(C)C. The summed E-state index contributed by atoms with van der Waals surface area (Å²) in [5.74, 6) is 0.275. The Labute approximate surface area is 90.8 Å². The van der Waals surface area contributed by atoms with Crippen LogP contribution in [0.15, 0.2) is 0 Å². The van der Waals surface area contributed by atoms with Crippen LogP contribution in [0.2, 0.25) is 0 Å². The zero-order valence-electron chi connectivity index (χ0n) is 8.73. The number of methoxy groups -OCH3 is 1. The molecule has 7 heteroatoms. The second kappa shape index (κ2) is 6.58. The van der Waals surface area contributed by atoms with E-state index < -0.39 is 10.2 Å². The molecule has 0 aliphatic heterocycles. The van der Waals surface area contributed by atoms with Crippen LogP contribution < -0.4 is 0 Å². The summed E-state index contributed by atoms with van der Waals surface area (Å²) in [5, 5.41) is 0. The maximum atomic E-state index is 11.7. The third-order valence-electron chi connectivity index (χ3n) is 1.67. The van der Waals surface area contributed by atoms with Gasteiger partial charge in [0.25, 0.3) is 10.2 Å². The van der Waals surface area contributed by atoms with Crippen LogP contribution in [0.4, 0.5) is 0 Å². The molecule has 0 N–H and O–H groups in total. The van der Waals surface area contributed by atoms with E-state index in [0.29, 0.717) is 19.7 Å². The minimum atomic E-state index is -3.37. The molecule has 0 heterocycles. The van der Waals surface area contributed by atoms with Gasteiger partial charge in [0, 0.05) is 40.2 Å². The Hall–Kier alpha value is 0.120. The molecule has 0 saturated carbocycles. The van der Waals surface area contributed by atoms with Crippen molar-refractivity contribution in [3.05, 3.63) is 0 Å². The number of hydrogen-bond donors (Lipinski definition) is 0. The third-order valence-corrected chi connectivity index (χ3v) is 3.78. The fraction of sp³-hybridized carbons (Fsp3) is 1.00. The lowest BCUT2D eigenvalue weighted by molar-refractivity contribution is 0.178. The van der Waals surface area contributed by atoms with Crippen LogP contribution in [0.5, 0.6) is 0 Å². The van der Waals surface area contributed by atoms with E-state index in [4.69, 9.17) is 16.3 Å². The van der Waals surface area contributed by atoms with Gasteiger partial charge in [-0.05, 0) is 0 Å². The molecule has 0 fully saturated rings. The minimum Gasteiger partial charge on any atom is -0.383 e. The Balaban J connectivity index is 4.47. The van der Waals surface area contributed by atoms with Gasteiger partial charge in [0.1, 0.15) is 0 Å². The van der Waals surface area contributed by atoms with Crippen molar-refractivity contribution < 1.29 is 13.2 Å². The topological polar surface area (TPSA) is 49.9 Å². The molecule has 0 amide bonds. The lowest BCUT2D eigenvalue weighted by atomic mass is 10.6. The lowest BCUT2D eigenvalue weighted by Gasteiger charge is -2.24. The summed E-state index contributed by atoms with van der Waals surface area (Å²) in [6.07, 6.45) is 0. The van der Waals surface area contributed by atoms with Gasteiger partial charge in [-0.25, -0.2) is 0 Å². The van der Waals surface area contributed by atoms with Gasteiger partial charge in [0.2, 0.25) is 0 Å². The number of rotatable bonds is 7. The van der Waals surface area contributed by atoms with E-state index in [-0.39, 0.29) is 5.88 Å². The first-order valence-electron chi connectivity index (χ1n) is 4.19. The predicted octanol–water partition coefficient (Wildman–Crippen LogP) is -0.0200. The van der Waals surface area contributed by atoms with Crippen molar-refractivity contribution in [1.29, 1.82) is 0 Å². The molecule has 0 aromatic rings. The number of nitrogens with zero attached hydrogens (tertiary/aromatic N) is 2. The minimum absolute atomic E-state index is 0.275. The Bertz CT molecular complexity index is 243. The van der Waals surface area contributed by atoms with Gasteiger partial charge in [0.05, 0.1) is 6.61 Å². The average Bonchev–Trinajstić information content (AvgIpc) is 2.11. The first-order valence-corrected chi connectivity index (χ1v) is 6.12. The van der Waals surface area contributed by atoms with E-state index in [2.05, 4.69) is 0 Å². The molecule has 0 unspecified atom stereocenters. The average molecular weight is 245 g/mol. The molecule has 0 aliphatic rings. The van der Waals surface area contributed by atoms with E-state index in [9.17, 15) is 8.42 Å². The summed E-state index contributed by atoms with van der Waals surface area (Å²) in [5.41, 5.74) is 0. The number of hydrogen-bond acceptors (Lipinski definition) is 3.